The van der Waals surface area contributed by atoms with Crippen LogP contribution in [0.25, 0.3) is 0 Å². The quantitative estimate of drug-likeness (QED) is 0.850. The molecule has 0 aliphatic heterocycles. The average molecular weight is 234 g/mol. The molecule has 3 nitrogen and oxygen atoms in total. The summed E-state index contributed by atoms with van der Waals surface area (Å²) in [6.07, 6.45) is 0.946. The maximum Gasteiger partial charge on any atom is 0.244 e. The van der Waals surface area contributed by atoms with E-state index in [1.165, 1.54) is 0 Å². The minimum absolute atomic E-state index is 0.00745. The maximum absolute atomic E-state index is 12.3. The van der Waals surface area contributed by atoms with Crippen LogP contribution in [0.1, 0.15) is 38.8 Å². The van der Waals surface area contributed by atoms with Crippen LogP contribution >= 0.6 is 0 Å². The molecule has 2 N–H and O–H groups in total. The summed E-state index contributed by atoms with van der Waals surface area (Å²) >= 11 is 0. The SMILES string of the molecule is CCC(C)N(CC)C(=O)[C@H](N)c1ccccc1. The van der Waals surface area contributed by atoms with Gasteiger partial charge in [-0.15, -0.1) is 0 Å². The number of rotatable bonds is 5. The number of likely N-dealkylation sites (N-methyl/N-ethyl adjacent to an activating group) is 1. The van der Waals surface area contributed by atoms with E-state index in [0.717, 1.165) is 12.0 Å². The van der Waals surface area contributed by atoms with Crippen molar-refractivity contribution in [2.45, 2.75) is 39.3 Å². The van der Waals surface area contributed by atoms with Gasteiger partial charge in [0.05, 0.1) is 0 Å². The van der Waals surface area contributed by atoms with E-state index in [9.17, 15) is 4.79 Å². The van der Waals surface area contributed by atoms with Gasteiger partial charge >= 0.3 is 0 Å². The van der Waals surface area contributed by atoms with Crippen LogP contribution in [0.5, 0.6) is 0 Å². The zero-order valence-corrected chi connectivity index (χ0v) is 10.9. The number of nitrogens with two attached hydrogens (primary N) is 1. The van der Waals surface area contributed by atoms with Crippen molar-refractivity contribution in [2.75, 3.05) is 6.54 Å². The monoisotopic (exact) mass is 234 g/mol. The van der Waals surface area contributed by atoms with E-state index in [0.29, 0.717) is 6.54 Å². The summed E-state index contributed by atoms with van der Waals surface area (Å²) in [5, 5.41) is 0. The number of carbonyl (C=O) groups is 1. The lowest BCUT2D eigenvalue weighted by Gasteiger charge is -2.29. The van der Waals surface area contributed by atoms with Crippen molar-refractivity contribution in [1.29, 1.82) is 0 Å². The predicted octanol–water partition coefficient (Wildman–Crippen LogP) is 2.33. The highest BCUT2D eigenvalue weighted by Gasteiger charge is 2.23. The van der Waals surface area contributed by atoms with Gasteiger partial charge in [0.1, 0.15) is 6.04 Å². The van der Waals surface area contributed by atoms with Crippen molar-refractivity contribution in [3.63, 3.8) is 0 Å². The van der Waals surface area contributed by atoms with Gasteiger partial charge in [0, 0.05) is 12.6 Å². The van der Waals surface area contributed by atoms with Crippen molar-refractivity contribution < 1.29 is 4.79 Å². The molecule has 1 aromatic carbocycles. The molecule has 0 aliphatic rings. The summed E-state index contributed by atoms with van der Waals surface area (Å²) < 4.78 is 0. The molecule has 0 spiro atoms. The highest BCUT2D eigenvalue weighted by Crippen LogP contribution is 2.15. The predicted molar refractivity (Wildman–Crippen MR) is 70.5 cm³/mol. The fraction of sp³-hybridized carbons (Fsp3) is 0.500. The second-order valence-electron chi connectivity index (χ2n) is 4.27. The van der Waals surface area contributed by atoms with Gasteiger partial charge in [0.2, 0.25) is 5.91 Å². The smallest absolute Gasteiger partial charge is 0.244 e. The van der Waals surface area contributed by atoms with Gasteiger partial charge < -0.3 is 10.6 Å². The van der Waals surface area contributed by atoms with Gasteiger partial charge in [-0.05, 0) is 25.8 Å². The Morgan fingerprint density at radius 1 is 1.29 bits per heavy atom. The minimum Gasteiger partial charge on any atom is -0.339 e. The van der Waals surface area contributed by atoms with E-state index in [1.54, 1.807) is 0 Å². The summed E-state index contributed by atoms with van der Waals surface area (Å²) in [6, 6.07) is 9.21. The molecule has 0 saturated carbocycles. The van der Waals surface area contributed by atoms with Gasteiger partial charge in [-0.25, -0.2) is 0 Å². The lowest BCUT2D eigenvalue weighted by Crippen LogP contribution is -2.43. The lowest BCUT2D eigenvalue weighted by molar-refractivity contribution is -0.134. The summed E-state index contributed by atoms with van der Waals surface area (Å²) in [5.41, 5.74) is 6.89. The average Bonchev–Trinajstić information content (AvgIpc) is 2.39. The van der Waals surface area contributed by atoms with Gasteiger partial charge in [-0.2, -0.15) is 0 Å². The first-order valence-electron chi connectivity index (χ1n) is 6.22. The first kappa shape index (κ1) is 13.7. The molecule has 1 aromatic rings. The number of amides is 1. The largest absolute Gasteiger partial charge is 0.339 e. The molecule has 1 unspecified atom stereocenters. The van der Waals surface area contributed by atoms with Crippen molar-refractivity contribution >= 4 is 5.91 Å². The van der Waals surface area contributed by atoms with Crippen LogP contribution in [-0.4, -0.2) is 23.4 Å². The molecule has 0 heterocycles. The summed E-state index contributed by atoms with van der Waals surface area (Å²) in [5.74, 6) is 0.00745. The first-order chi connectivity index (χ1) is 8.11. The van der Waals surface area contributed by atoms with Gasteiger partial charge in [0.25, 0.3) is 0 Å². The highest BCUT2D eigenvalue weighted by atomic mass is 16.2. The Kier molecular flexibility index (Phi) is 5.16. The second-order valence-corrected chi connectivity index (χ2v) is 4.27. The molecule has 0 bridgehead atoms. The molecule has 17 heavy (non-hydrogen) atoms. The van der Waals surface area contributed by atoms with E-state index >= 15 is 0 Å². The van der Waals surface area contributed by atoms with Crippen molar-refractivity contribution in [3.05, 3.63) is 35.9 Å². The fourth-order valence-corrected chi connectivity index (χ4v) is 1.89. The van der Waals surface area contributed by atoms with Gasteiger partial charge in [0.15, 0.2) is 0 Å². The van der Waals surface area contributed by atoms with Crippen molar-refractivity contribution in [1.82, 2.24) is 4.90 Å². The molecule has 94 valence electrons. The minimum atomic E-state index is -0.551. The van der Waals surface area contributed by atoms with E-state index < -0.39 is 6.04 Å². The Labute approximate surface area is 104 Å². The molecule has 0 radical (unpaired) electrons. The van der Waals surface area contributed by atoms with E-state index in [4.69, 9.17) is 5.73 Å². The Bertz CT molecular complexity index is 350. The Morgan fingerprint density at radius 3 is 2.35 bits per heavy atom. The van der Waals surface area contributed by atoms with Crippen LogP contribution in [0.3, 0.4) is 0 Å². The molecule has 0 aromatic heterocycles. The summed E-state index contributed by atoms with van der Waals surface area (Å²) in [7, 11) is 0. The van der Waals surface area contributed by atoms with E-state index in [1.807, 2.05) is 42.2 Å². The van der Waals surface area contributed by atoms with Crippen LogP contribution in [0.15, 0.2) is 30.3 Å². The third-order valence-electron chi connectivity index (χ3n) is 3.17. The van der Waals surface area contributed by atoms with Crippen LogP contribution in [0.4, 0.5) is 0 Å². The number of nitrogens with zero attached hydrogens (tertiary/aromatic N) is 1. The molecular formula is C14H22N2O. The summed E-state index contributed by atoms with van der Waals surface area (Å²) in [4.78, 5) is 14.1. The van der Waals surface area contributed by atoms with Crippen LogP contribution in [-0.2, 0) is 4.79 Å². The number of benzene rings is 1. The van der Waals surface area contributed by atoms with Crippen LogP contribution < -0.4 is 5.73 Å². The Hall–Kier alpha value is -1.35. The van der Waals surface area contributed by atoms with Gasteiger partial charge in [-0.3, -0.25) is 4.79 Å². The molecule has 1 rings (SSSR count). The first-order valence-corrected chi connectivity index (χ1v) is 6.22. The molecule has 3 heteroatoms. The van der Waals surface area contributed by atoms with Gasteiger partial charge in [-0.1, -0.05) is 37.3 Å². The second kappa shape index (κ2) is 6.40. The normalized spacial score (nSPS) is 14.1. The number of carbonyl (C=O) groups excluding carboxylic acids is 1. The van der Waals surface area contributed by atoms with Crippen molar-refractivity contribution in [3.8, 4) is 0 Å². The molecule has 0 fully saturated rings. The Balaban J connectivity index is 2.81. The Morgan fingerprint density at radius 2 is 1.88 bits per heavy atom. The number of hydrogen-bond donors (Lipinski definition) is 1. The number of hydrogen-bond acceptors (Lipinski definition) is 2. The zero-order chi connectivity index (χ0) is 12.8. The topological polar surface area (TPSA) is 46.3 Å². The third kappa shape index (κ3) is 3.30. The van der Waals surface area contributed by atoms with Crippen LogP contribution in [0.2, 0.25) is 0 Å². The molecule has 0 aliphatic carbocycles. The van der Waals surface area contributed by atoms with Crippen LogP contribution in [0, 0.1) is 0 Å². The fourth-order valence-electron chi connectivity index (χ4n) is 1.89. The standard InChI is InChI=1S/C14H22N2O/c1-4-11(3)16(5-2)14(17)13(15)12-9-7-6-8-10-12/h6-11,13H,4-5,15H2,1-3H3/t11?,13-/m1/s1. The van der Waals surface area contributed by atoms with E-state index in [-0.39, 0.29) is 11.9 Å². The third-order valence-corrected chi connectivity index (χ3v) is 3.17. The maximum atomic E-state index is 12.3. The summed E-state index contributed by atoms with van der Waals surface area (Å²) in [6.45, 7) is 6.82. The van der Waals surface area contributed by atoms with E-state index in [2.05, 4.69) is 13.8 Å². The lowest BCUT2D eigenvalue weighted by atomic mass is 10.1. The highest BCUT2D eigenvalue weighted by molar-refractivity contribution is 5.83. The molecule has 0 saturated heterocycles. The zero-order valence-electron chi connectivity index (χ0n) is 10.9. The van der Waals surface area contributed by atoms with Crippen molar-refractivity contribution in [2.24, 2.45) is 5.73 Å². The molecule has 2 atom stereocenters. The molecular weight excluding hydrogens is 212 g/mol. The molecule has 1 amide bonds.